The number of urea groups is 1. The van der Waals surface area contributed by atoms with E-state index in [2.05, 4.69) is 23.8 Å². The Labute approximate surface area is 112 Å². The molecule has 100 valence electrons. The van der Waals surface area contributed by atoms with E-state index in [1.807, 2.05) is 12.1 Å². The molecular weight excluding hydrogens is 248 g/mol. The minimum Gasteiger partial charge on any atom is -0.380 e. The SMILES string of the molecule is CCC[C@H](SNC(N)=O)c1ccc(COC)cc1. The molecule has 4 nitrogen and oxygen atoms in total. The summed E-state index contributed by atoms with van der Waals surface area (Å²) in [7, 11) is 1.68. The third kappa shape index (κ3) is 4.98. The summed E-state index contributed by atoms with van der Waals surface area (Å²) in [6.45, 7) is 2.74. The lowest BCUT2D eigenvalue weighted by Crippen LogP contribution is -2.24. The summed E-state index contributed by atoms with van der Waals surface area (Å²) in [6.07, 6.45) is 2.05. The lowest BCUT2D eigenvalue weighted by molar-refractivity contribution is 0.185. The zero-order valence-electron chi connectivity index (χ0n) is 10.8. The molecule has 0 saturated carbocycles. The van der Waals surface area contributed by atoms with Crippen LogP contribution in [-0.4, -0.2) is 13.1 Å². The highest BCUT2D eigenvalue weighted by Gasteiger charge is 2.12. The third-order valence-corrected chi connectivity index (χ3v) is 3.63. The number of carbonyl (C=O) groups excluding carboxylic acids is 1. The summed E-state index contributed by atoms with van der Waals surface area (Å²) in [5.74, 6) is 0. The second-order valence-electron chi connectivity index (χ2n) is 4.04. The van der Waals surface area contributed by atoms with Crippen LogP contribution in [0.15, 0.2) is 24.3 Å². The van der Waals surface area contributed by atoms with Gasteiger partial charge >= 0.3 is 6.03 Å². The molecule has 0 aliphatic carbocycles. The van der Waals surface area contributed by atoms with E-state index in [0.29, 0.717) is 6.61 Å². The van der Waals surface area contributed by atoms with Crippen molar-refractivity contribution in [2.24, 2.45) is 5.73 Å². The maximum Gasteiger partial charge on any atom is 0.322 e. The number of methoxy groups -OCH3 is 1. The molecule has 1 aromatic rings. The van der Waals surface area contributed by atoms with Crippen LogP contribution in [0.3, 0.4) is 0 Å². The van der Waals surface area contributed by atoms with Crippen LogP contribution in [0, 0.1) is 0 Å². The standard InChI is InChI=1S/C13H20N2O2S/c1-3-4-12(18-15-13(14)16)11-7-5-10(6-8-11)9-17-2/h5-8,12H,3-4,9H2,1-2H3,(H3,14,15,16)/t12-/m0/s1. The highest BCUT2D eigenvalue weighted by Crippen LogP contribution is 2.31. The van der Waals surface area contributed by atoms with Crippen molar-refractivity contribution in [3.8, 4) is 0 Å². The summed E-state index contributed by atoms with van der Waals surface area (Å²) >= 11 is 1.37. The van der Waals surface area contributed by atoms with Crippen molar-refractivity contribution in [3.63, 3.8) is 0 Å². The number of hydrogen-bond acceptors (Lipinski definition) is 3. The van der Waals surface area contributed by atoms with Crippen LogP contribution >= 0.6 is 11.9 Å². The average molecular weight is 268 g/mol. The molecule has 0 radical (unpaired) electrons. The number of nitrogens with two attached hydrogens (primary N) is 1. The Morgan fingerprint density at radius 3 is 2.61 bits per heavy atom. The first-order chi connectivity index (χ1) is 8.67. The molecular formula is C13H20N2O2S. The van der Waals surface area contributed by atoms with Crippen LogP contribution < -0.4 is 10.5 Å². The zero-order chi connectivity index (χ0) is 13.4. The predicted molar refractivity (Wildman–Crippen MR) is 75.1 cm³/mol. The summed E-state index contributed by atoms with van der Waals surface area (Å²) in [5.41, 5.74) is 7.42. The van der Waals surface area contributed by atoms with Gasteiger partial charge in [-0.2, -0.15) is 0 Å². The Hall–Kier alpha value is -1.20. The van der Waals surface area contributed by atoms with Crippen LogP contribution in [-0.2, 0) is 11.3 Å². The second kappa shape index (κ2) is 8.00. The topological polar surface area (TPSA) is 64.3 Å². The van der Waals surface area contributed by atoms with E-state index >= 15 is 0 Å². The van der Waals surface area contributed by atoms with Crippen LogP contribution in [0.4, 0.5) is 4.79 Å². The Kier molecular flexibility index (Phi) is 6.60. The molecule has 0 heterocycles. The molecule has 2 amide bonds. The normalized spacial score (nSPS) is 12.1. The predicted octanol–water partition coefficient (Wildman–Crippen LogP) is 2.99. The van der Waals surface area contributed by atoms with Gasteiger partial charge in [0.05, 0.1) is 6.61 Å². The van der Waals surface area contributed by atoms with Gasteiger partial charge in [0.1, 0.15) is 0 Å². The number of amides is 2. The fourth-order valence-electron chi connectivity index (χ4n) is 1.68. The van der Waals surface area contributed by atoms with Crippen molar-refractivity contribution in [1.29, 1.82) is 0 Å². The van der Waals surface area contributed by atoms with E-state index in [9.17, 15) is 4.79 Å². The minimum atomic E-state index is -0.503. The molecule has 0 bridgehead atoms. The number of carbonyl (C=O) groups is 1. The minimum absolute atomic E-state index is 0.235. The largest absolute Gasteiger partial charge is 0.380 e. The Balaban J connectivity index is 2.68. The molecule has 0 spiro atoms. The van der Waals surface area contributed by atoms with Crippen molar-refractivity contribution in [2.45, 2.75) is 31.6 Å². The van der Waals surface area contributed by atoms with E-state index < -0.39 is 6.03 Å². The van der Waals surface area contributed by atoms with Crippen molar-refractivity contribution in [1.82, 2.24) is 4.72 Å². The summed E-state index contributed by atoms with van der Waals surface area (Å²) in [4.78, 5) is 10.8. The molecule has 0 aliphatic heterocycles. The molecule has 0 unspecified atom stereocenters. The Bertz CT molecular complexity index is 368. The Morgan fingerprint density at radius 2 is 2.11 bits per heavy atom. The lowest BCUT2D eigenvalue weighted by atomic mass is 10.1. The van der Waals surface area contributed by atoms with E-state index in [1.165, 1.54) is 17.5 Å². The van der Waals surface area contributed by atoms with Crippen LogP contribution in [0.5, 0.6) is 0 Å². The van der Waals surface area contributed by atoms with Gasteiger partial charge in [-0.05, 0) is 29.5 Å². The van der Waals surface area contributed by atoms with Crippen molar-refractivity contribution < 1.29 is 9.53 Å². The van der Waals surface area contributed by atoms with Crippen LogP contribution in [0.2, 0.25) is 0 Å². The molecule has 1 aromatic carbocycles. The highest BCUT2D eigenvalue weighted by molar-refractivity contribution is 7.98. The summed E-state index contributed by atoms with van der Waals surface area (Å²) < 4.78 is 7.68. The second-order valence-corrected chi connectivity index (χ2v) is 5.04. The van der Waals surface area contributed by atoms with Gasteiger partial charge in [0.25, 0.3) is 0 Å². The molecule has 0 aromatic heterocycles. The van der Waals surface area contributed by atoms with Crippen molar-refractivity contribution in [3.05, 3.63) is 35.4 Å². The van der Waals surface area contributed by atoms with Gasteiger partial charge < -0.3 is 10.5 Å². The number of ether oxygens (including phenoxy) is 1. The molecule has 1 atom stereocenters. The molecule has 3 N–H and O–H groups in total. The van der Waals surface area contributed by atoms with E-state index in [-0.39, 0.29) is 5.25 Å². The first kappa shape index (κ1) is 14.9. The van der Waals surface area contributed by atoms with Gasteiger partial charge in [0.2, 0.25) is 0 Å². The van der Waals surface area contributed by atoms with Gasteiger partial charge in [0.15, 0.2) is 0 Å². The van der Waals surface area contributed by atoms with Gasteiger partial charge in [-0.1, -0.05) is 37.6 Å². The monoisotopic (exact) mass is 268 g/mol. The van der Waals surface area contributed by atoms with Crippen LogP contribution in [0.1, 0.15) is 36.1 Å². The number of hydrogen-bond donors (Lipinski definition) is 2. The first-order valence-corrected chi connectivity index (χ1v) is 6.84. The number of rotatable bonds is 7. The smallest absolute Gasteiger partial charge is 0.322 e. The average Bonchev–Trinajstić information content (AvgIpc) is 2.36. The molecule has 18 heavy (non-hydrogen) atoms. The quantitative estimate of drug-likeness (QED) is 0.747. The van der Waals surface area contributed by atoms with Crippen molar-refractivity contribution in [2.75, 3.05) is 7.11 Å². The molecule has 0 aliphatic rings. The zero-order valence-corrected chi connectivity index (χ0v) is 11.6. The first-order valence-electron chi connectivity index (χ1n) is 5.96. The van der Waals surface area contributed by atoms with Gasteiger partial charge in [0, 0.05) is 12.4 Å². The summed E-state index contributed by atoms with van der Waals surface area (Å²) in [5, 5.41) is 0.235. The maximum atomic E-state index is 10.8. The van der Waals surface area contributed by atoms with E-state index in [1.54, 1.807) is 7.11 Å². The third-order valence-electron chi connectivity index (χ3n) is 2.52. The summed E-state index contributed by atoms with van der Waals surface area (Å²) in [6, 6.07) is 7.74. The molecule has 1 rings (SSSR count). The highest BCUT2D eigenvalue weighted by atomic mass is 32.2. The van der Waals surface area contributed by atoms with E-state index in [0.717, 1.165) is 18.4 Å². The van der Waals surface area contributed by atoms with Crippen LogP contribution in [0.25, 0.3) is 0 Å². The molecule has 5 heteroatoms. The fourth-order valence-corrected chi connectivity index (χ4v) is 2.59. The number of primary amides is 1. The van der Waals surface area contributed by atoms with E-state index in [4.69, 9.17) is 10.5 Å². The van der Waals surface area contributed by atoms with Gasteiger partial charge in [-0.3, -0.25) is 4.72 Å². The molecule has 0 saturated heterocycles. The lowest BCUT2D eigenvalue weighted by Gasteiger charge is -2.16. The fraction of sp³-hybridized carbons (Fsp3) is 0.462. The maximum absolute atomic E-state index is 10.8. The number of nitrogens with one attached hydrogen (secondary N) is 1. The van der Waals surface area contributed by atoms with Gasteiger partial charge in [-0.15, -0.1) is 0 Å². The van der Waals surface area contributed by atoms with Gasteiger partial charge in [-0.25, -0.2) is 4.79 Å². The molecule has 0 fully saturated rings. The number of benzene rings is 1. The Morgan fingerprint density at radius 1 is 1.44 bits per heavy atom. The van der Waals surface area contributed by atoms with Crippen molar-refractivity contribution >= 4 is 18.0 Å².